The lowest BCUT2D eigenvalue weighted by atomic mass is 10.0. The lowest BCUT2D eigenvalue weighted by molar-refractivity contribution is -0.141. The summed E-state index contributed by atoms with van der Waals surface area (Å²) in [5.74, 6) is 0. The van der Waals surface area contributed by atoms with Crippen LogP contribution < -0.4 is 5.56 Å². The summed E-state index contributed by atoms with van der Waals surface area (Å²) in [5, 5.41) is 28.7. The van der Waals surface area contributed by atoms with E-state index < -0.39 is 48.5 Å². The molecule has 0 amide bonds. The van der Waals surface area contributed by atoms with Gasteiger partial charge < -0.3 is 25.0 Å². The highest BCUT2D eigenvalue weighted by Crippen LogP contribution is 2.33. The summed E-state index contributed by atoms with van der Waals surface area (Å²) >= 11 is 0. The normalized spacial score (nSPS) is 27.8. The van der Waals surface area contributed by atoms with Crippen LogP contribution in [0.1, 0.15) is 17.4 Å². The van der Waals surface area contributed by atoms with Crippen molar-refractivity contribution in [1.29, 1.82) is 0 Å². The predicted octanol–water partition coefficient (Wildman–Crippen LogP) is -0.509. The predicted molar refractivity (Wildman–Crippen MR) is 71.9 cm³/mol. The molecule has 130 valence electrons. The second-order valence-electron chi connectivity index (χ2n) is 5.30. The fourth-order valence-corrected chi connectivity index (χ4v) is 2.49. The number of fused-ring (bicyclic) bond motifs is 1. The molecule has 24 heavy (non-hydrogen) atoms. The first-order valence-corrected chi connectivity index (χ1v) is 6.82. The molecule has 0 saturated carbocycles. The molecule has 1 fully saturated rings. The van der Waals surface area contributed by atoms with E-state index in [0.717, 1.165) is 6.07 Å². The van der Waals surface area contributed by atoms with E-state index in [4.69, 9.17) is 9.84 Å². The largest absolute Gasteiger partial charge is 0.434 e. The number of pyridine rings is 1. The van der Waals surface area contributed by atoms with Crippen LogP contribution in [0.4, 0.5) is 13.2 Å². The van der Waals surface area contributed by atoms with Crippen molar-refractivity contribution in [2.75, 3.05) is 6.61 Å². The SMILES string of the molecule is O=c1[nH]c2nc(C(F)(F)F)cnc2cc1[C@@H]1O[C@H](CO)[C@H](O)C1O. The van der Waals surface area contributed by atoms with Crippen molar-refractivity contribution in [2.24, 2.45) is 0 Å². The first-order chi connectivity index (χ1) is 11.2. The van der Waals surface area contributed by atoms with Crippen molar-refractivity contribution < 1.29 is 33.2 Å². The van der Waals surface area contributed by atoms with E-state index >= 15 is 0 Å². The van der Waals surface area contributed by atoms with Crippen molar-refractivity contribution in [3.8, 4) is 0 Å². The van der Waals surface area contributed by atoms with Gasteiger partial charge in [-0.25, -0.2) is 4.98 Å². The van der Waals surface area contributed by atoms with Crippen LogP contribution in [-0.2, 0) is 10.9 Å². The van der Waals surface area contributed by atoms with Crippen molar-refractivity contribution in [2.45, 2.75) is 30.6 Å². The number of nitrogens with zero attached hydrogens (tertiary/aromatic N) is 2. The molecule has 1 aliphatic heterocycles. The second-order valence-corrected chi connectivity index (χ2v) is 5.30. The maximum atomic E-state index is 12.6. The summed E-state index contributed by atoms with van der Waals surface area (Å²) in [7, 11) is 0. The number of halogens is 3. The van der Waals surface area contributed by atoms with Gasteiger partial charge in [-0.3, -0.25) is 9.78 Å². The topological polar surface area (TPSA) is 129 Å². The van der Waals surface area contributed by atoms with Crippen molar-refractivity contribution >= 4 is 11.2 Å². The van der Waals surface area contributed by atoms with Gasteiger partial charge >= 0.3 is 6.18 Å². The third-order valence-corrected chi connectivity index (χ3v) is 3.73. The van der Waals surface area contributed by atoms with Gasteiger partial charge in [0.1, 0.15) is 29.9 Å². The molecule has 4 atom stereocenters. The van der Waals surface area contributed by atoms with Gasteiger partial charge in [-0.15, -0.1) is 0 Å². The molecule has 1 unspecified atom stereocenters. The Morgan fingerprint density at radius 3 is 2.58 bits per heavy atom. The molecule has 0 aromatic carbocycles. The molecule has 0 bridgehead atoms. The lowest BCUT2D eigenvalue weighted by Crippen LogP contribution is -2.33. The molecule has 2 aromatic heterocycles. The Hall–Kier alpha value is -2.08. The Kier molecular flexibility index (Phi) is 4.03. The first-order valence-electron chi connectivity index (χ1n) is 6.82. The highest BCUT2D eigenvalue weighted by Gasteiger charge is 2.44. The summed E-state index contributed by atoms with van der Waals surface area (Å²) < 4.78 is 43.1. The number of alkyl halides is 3. The quantitative estimate of drug-likeness (QED) is 0.576. The molecule has 1 aliphatic rings. The van der Waals surface area contributed by atoms with Crippen LogP contribution in [0, 0.1) is 0 Å². The van der Waals surface area contributed by atoms with Gasteiger partial charge in [-0.05, 0) is 6.07 Å². The average molecular weight is 347 g/mol. The number of H-pyrrole nitrogens is 1. The maximum Gasteiger partial charge on any atom is 0.434 e. The Morgan fingerprint density at radius 2 is 2.00 bits per heavy atom. The lowest BCUT2D eigenvalue weighted by Gasteiger charge is -2.14. The van der Waals surface area contributed by atoms with E-state index in [-0.39, 0.29) is 16.7 Å². The monoisotopic (exact) mass is 347 g/mol. The molecular weight excluding hydrogens is 335 g/mol. The molecule has 0 aliphatic carbocycles. The molecule has 0 radical (unpaired) electrons. The van der Waals surface area contributed by atoms with E-state index in [2.05, 4.69) is 15.0 Å². The van der Waals surface area contributed by atoms with Gasteiger partial charge in [0, 0.05) is 0 Å². The Balaban J connectivity index is 2.05. The van der Waals surface area contributed by atoms with Crippen LogP contribution in [0.5, 0.6) is 0 Å². The van der Waals surface area contributed by atoms with Gasteiger partial charge in [-0.2, -0.15) is 13.2 Å². The zero-order chi connectivity index (χ0) is 17.6. The summed E-state index contributed by atoms with van der Waals surface area (Å²) in [6, 6.07) is 1.13. The van der Waals surface area contributed by atoms with Crippen LogP contribution in [0.3, 0.4) is 0 Å². The van der Waals surface area contributed by atoms with Crippen LogP contribution in [0.2, 0.25) is 0 Å². The highest BCUT2D eigenvalue weighted by molar-refractivity contribution is 5.70. The molecule has 3 heterocycles. The number of rotatable bonds is 2. The van der Waals surface area contributed by atoms with Gasteiger partial charge in [0.15, 0.2) is 11.3 Å². The molecule has 3 rings (SSSR count). The van der Waals surface area contributed by atoms with Gasteiger partial charge in [0.2, 0.25) is 0 Å². The van der Waals surface area contributed by atoms with Gasteiger partial charge in [0.05, 0.1) is 18.4 Å². The minimum absolute atomic E-state index is 0.0460. The van der Waals surface area contributed by atoms with Crippen LogP contribution in [0.25, 0.3) is 11.2 Å². The minimum Gasteiger partial charge on any atom is -0.394 e. The molecule has 11 heteroatoms. The molecule has 1 saturated heterocycles. The van der Waals surface area contributed by atoms with Crippen molar-refractivity contribution in [3.63, 3.8) is 0 Å². The molecule has 4 N–H and O–H groups in total. The molecule has 8 nitrogen and oxygen atoms in total. The van der Waals surface area contributed by atoms with Crippen molar-refractivity contribution in [1.82, 2.24) is 15.0 Å². The molecular formula is C13H12F3N3O5. The van der Waals surface area contributed by atoms with Crippen LogP contribution in [-0.4, -0.2) is 55.2 Å². The summed E-state index contributed by atoms with van der Waals surface area (Å²) in [4.78, 5) is 21.1. The molecule has 2 aromatic rings. The van der Waals surface area contributed by atoms with Crippen molar-refractivity contribution in [3.05, 3.63) is 33.9 Å². The first kappa shape index (κ1) is 16.8. The number of aliphatic hydroxyl groups excluding tert-OH is 3. The molecule has 0 spiro atoms. The summed E-state index contributed by atoms with van der Waals surface area (Å²) in [6.07, 6.45) is -9.42. The highest BCUT2D eigenvalue weighted by atomic mass is 19.4. The zero-order valence-corrected chi connectivity index (χ0v) is 11.9. The fourth-order valence-electron chi connectivity index (χ4n) is 2.49. The van der Waals surface area contributed by atoms with Crippen LogP contribution >= 0.6 is 0 Å². The average Bonchev–Trinajstić information content (AvgIpc) is 2.80. The van der Waals surface area contributed by atoms with E-state index in [0.29, 0.717) is 6.20 Å². The van der Waals surface area contributed by atoms with Gasteiger partial charge in [-0.1, -0.05) is 0 Å². The maximum absolute atomic E-state index is 12.6. The Bertz CT molecular complexity index is 825. The number of ether oxygens (including phenoxy) is 1. The van der Waals surface area contributed by atoms with Gasteiger partial charge in [0.25, 0.3) is 5.56 Å². The number of aliphatic hydroxyl groups is 3. The van der Waals surface area contributed by atoms with Crippen LogP contribution in [0.15, 0.2) is 17.1 Å². The van der Waals surface area contributed by atoms with E-state index in [1.807, 2.05) is 0 Å². The standard InChI is InChI=1S/C13H12F3N3O5/c14-13(15,16)7-2-17-5-1-4(12(23)19-11(5)18-7)10-9(22)8(21)6(3-20)24-10/h1-2,6,8-10,20-22H,3H2,(H,18,19,23)/t6-,8+,9?,10+/m1/s1. The third-order valence-electron chi connectivity index (χ3n) is 3.73. The second kappa shape index (κ2) is 5.77. The Labute approximate surface area is 131 Å². The number of hydrogen-bond donors (Lipinski definition) is 4. The van der Waals surface area contributed by atoms with E-state index in [9.17, 15) is 28.2 Å². The zero-order valence-electron chi connectivity index (χ0n) is 11.9. The fraction of sp³-hybridized carbons (Fsp3) is 0.462. The summed E-state index contributed by atoms with van der Waals surface area (Å²) in [6.45, 7) is -0.574. The summed E-state index contributed by atoms with van der Waals surface area (Å²) in [5.41, 5.74) is -2.66. The van der Waals surface area contributed by atoms with E-state index in [1.165, 1.54) is 0 Å². The smallest absolute Gasteiger partial charge is 0.394 e. The third kappa shape index (κ3) is 2.75. The van der Waals surface area contributed by atoms with E-state index in [1.54, 1.807) is 0 Å². The number of aromatic amines is 1. The minimum atomic E-state index is -4.71. The number of aromatic nitrogens is 3. The number of hydrogen-bond acceptors (Lipinski definition) is 7. The number of nitrogens with one attached hydrogen (secondary N) is 1. The Morgan fingerprint density at radius 1 is 1.29 bits per heavy atom.